The minimum absolute atomic E-state index is 0.450. The first-order chi connectivity index (χ1) is 6.91. The molecule has 0 saturated heterocycles. The van der Waals surface area contributed by atoms with E-state index in [-0.39, 0.29) is 0 Å². The molecule has 15 heavy (non-hydrogen) atoms. The van der Waals surface area contributed by atoms with E-state index in [2.05, 4.69) is 46.9 Å². The molecule has 0 aromatic rings. The van der Waals surface area contributed by atoms with Crippen LogP contribution in [0.15, 0.2) is 0 Å². The molecule has 0 fully saturated rings. The van der Waals surface area contributed by atoms with E-state index in [4.69, 9.17) is 0 Å². The van der Waals surface area contributed by atoms with Crippen LogP contribution in [-0.4, -0.2) is 13.1 Å². The minimum atomic E-state index is 0.450. The highest BCUT2D eigenvalue weighted by atomic mass is 14.9. The van der Waals surface area contributed by atoms with Gasteiger partial charge in [-0.05, 0) is 30.2 Å². The Morgan fingerprint density at radius 3 is 2.00 bits per heavy atom. The van der Waals surface area contributed by atoms with Gasteiger partial charge >= 0.3 is 0 Å². The van der Waals surface area contributed by atoms with Gasteiger partial charge in [0.05, 0.1) is 0 Å². The van der Waals surface area contributed by atoms with E-state index in [1.807, 2.05) is 0 Å². The fourth-order valence-corrected chi connectivity index (χ4v) is 2.13. The number of hydrogen-bond acceptors (Lipinski definition) is 1. The van der Waals surface area contributed by atoms with E-state index < -0.39 is 0 Å². The zero-order chi connectivity index (χ0) is 11.9. The number of nitrogens with one attached hydrogen (secondary N) is 1. The molecule has 0 aliphatic rings. The van der Waals surface area contributed by atoms with E-state index in [1.54, 1.807) is 0 Å². The molecular formula is C14H31N. The van der Waals surface area contributed by atoms with Crippen molar-refractivity contribution in [1.82, 2.24) is 5.32 Å². The quantitative estimate of drug-likeness (QED) is 0.640. The third kappa shape index (κ3) is 7.84. The van der Waals surface area contributed by atoms with Crippen molar-refractivity contribution in [3.05, 3.63) is 0 Å². The Labute approximate surface area is 97.0 Å². The first-order valence-corrected chi connectivity index (χ1v) is 6.62. The van der Waals surface area contributed by atoms with Crippen LogP contribution in [0.4, 0.5) is 0 Å². The Balaban J connectivity index is 3.84. The summed E-state index contributed by atoms with van der Waals surface area (Å²) in [6.45, 7) is 16.2. The monoisotopic (exact) mass is 213 g/mol. The highest BCUT2D eigenvalue weighted by molar-refractivity contribution is 4.75. The molecule has 92 valence electrons. The van der Waals surface area contributed by atoms with Crippen LogP contribution in [0.1, 0.15) is 60.8 Å². The average Bonchev–Trinajstić information content (AvgIpc) is 2.13. The maximum atomic E-state index is 3.58. The number of rotatable bonds is 8. The molecule has 1 heteroatoms. The van der Waals surface area contributed by atoms with Crippen LogP contribution in [-0.2, 0) is 0 Å². The molecule has 0 aromatic heterocycles. The molecule has 1 N–H and O–H groups in total. The minimum Gasteiger partial charge on any atom is -0.316 e. The van der Waals surface area contributed by atoms with Crippen LogP contribution in [0, 0.1) is 17.3 Å². The Morgan fingerprint density at radius 2 is 1.60 bits per heavy atom. The summed E-state index contributed by atoms with van der Waals surface area (Å²) in [5, 5.41) is 3.58. The second-order valence-electron chi connectivity index (χ2n) is 6.08. The lowest BCUT2D eigenvalue weighted by molar-refractivity contribution is 0.243. The van der Waals surface area contributed by atoms with Crippen LogP contribution in [0.2, 0.25) is 0 Å². The zero-order valence-corrected chi connectivity index (χ0v) is 11.7. The van der Waals surface area contributed by atoms with Gasteiger partial charge in [0.25, 0.3) is 0 Å². The van der Waals surface area contributed by atoms with E-state index in [9.17, 15) is 0 Å². The Morgan fingerprint density at radius 1 is 1.07 bits per heavy atom. The van der Waals surface area contributed by atoms with Gasteiger partial charge in [-0.3, -0.25) is 0 Å². The van der Waals surface area contributed by atoms with Gasteiger partial charge in [-0.25, -0.2) is 0 Å². The maximum absolute atomic E-state index is 3.58. The van der Waals surface area contributed by atoms with Crippen molar-refractivity contribution < 1.29 is 0 Å². The molecule has 0 aliphatic heterocycles. The fraction of sp³-hybridized carbons (Fsp3) is 1.00. The molecule has 0 aliphatic carbocycles. The molecule has 0 spiro atoms. The van der Waals surface area contributed by atoms with Gasteiger partial charge in [-0.15, -0.1) is 0 Å². The third-order valence-electron chi connectivity index (χ3n) is 3.15. The van der Waals surface area contributed by atoms with Crippen molar-refractivity contribution >= 4 is 0 Å². The van der Waals surface area contributed by atoms with Crippen LogP contribution < -0.4 is 5.32 Å². The molecular weight excluding hydrogens is 182 g/mol. The van der Waals surface area contributed by atoms with Gasteiger partial charge in [0.2, 0.25) is 0 Å². The zero-order valence-electron chi connectivity index (χ0n) is 11.7. The fourth-order valence-electron chi connectivity index (χ4n) is 2.13. The van der Waals surface area contributed by atoms with E-state index >= 15 is 0 Å². The lowest BCUT2D eigenvalue weighted by Gasteiger charge is -2.29. The Kier molecular flexibility index (Phi) is 7.25. The average molecular weight is 213 g/mol. The third-order valence-corrected chi connectivity index (χ3v) is 3.15. The van der Waals surface area contributed by atoms with Crippen molar-refractivity contribution in [1.29, 1.82) is 0 Å². The summed E-state index contributed by atoms with van der Waals surface area (Å²) in [4.78, 5) is 0. The molecule has 0 radical (unpaired) electrons. The summed E-state index contributed by atoms with van der Waals surface area (Å²) in [5.74, 6) is 1.66. The summed E-state index contributed by atoms with van der Waals surface area (Å²) in [6, 6.07) is 0. The standard InChI is InChI=1S/C14H31N/c1-7-13(8-2)9-14(5,6)11-15-10-12(3)4/h12-13,15H,7-11H2,1-6H3. The summed E-state index contributed by atoms with van der Waals surface area (Å²) in [5.41, 5.74) is 0.450. The predicted molar refractivity (Wildman–Crippen MR) is 70.2 cm³/mol. The van der Waals surface area contributed by atoms with E-state index in [0.717, 1.165) is 24.9 Å². The highest BCUT2D eigenvalue weighted by Crippen LogP contribution is 2.28. The summed E-state index contributed by atoms with van der Waals surface area (Å²) in [6.07, 6.45) is 4.00. The molecule has 0 rings (SSSR count). The van der Waals surface area contributed by atoms with Crippen molar-refractivity contribution in [2.24, 2.45) is 17.3 Å². The van der Waals surface area contributed by atoms with Crippen LogP contribution in [0.5, 0.6) is 0 Å². The van der Waals surface area contributed by atoms with Gasteiger partial charge in [-0.1, -0.05) is 54.4 Å². The molecule has 0 heterocycles. The molecule has 1 nitrogen and oxygen atoms in total. The van der Waals surface area contributed by atoms with Crippen molar-refractivity contribution in [2.45, 2.75) is 60.8 Å². The predicted octanol–water partition coefficient (Wildman–Crippen LogP) is 4.08. The van der Waals surface area contributed by atoms with Crippen molar-refractivity contribution in [2.75, 3.05) is 13.1 Å². The summed E-state index contributed by atoms with van der Waals surface area (Å²) < 4.78 is 0. The lowest BCUT2D eigenvalue weighted by atomic mass is 9.80. The summed E-state index contributed by atoms with van der Waals surface area (Å²) >= 11 is 0. The maximum Gasteiger partial charge on any atom is 0.000273 e. The Hall–Kier alpha value is -0.0400. The first kappa shape index (κ1) is 15.0. The first-order valence-electron chi connectivity index (χ1n) is 6.62. The van der Waals surface area contributed by atoms with Crippen LogP contribution in [0.3, 0.4) is 0 Å². The topological polar surface area (TPSA) is 12.0 Å². The van der Waals surface area contributed by atoms with Gasteiger partial charge < -0.3 is 5.32 Å². The normalized spacial score (nSPS) is 12.8. The van der Waals surface area contributed by atoms with Crippen LogP contribution >= 0.6 is 0 Å². The Bertz CT molecular complexity index is 145. The molecule has 0 bridgehead atoms. The summed E-state index contributed by atoms with van der Waals surface area (Å²) in [7, 11) is 0. The highest BCUT2D eigenvalue weighted by Gasteiger charge is 2.21. The van der Waals surface area contributed by atoms with Crippen molar-refractivity contribution in [3.8, 4) is 0 Å². The van der Waals surface area contributed by atoms with Gasteiger partial charge in [0, 0.05) is 6.54 Å². The molecule has 0 saturated carbocycles. The smallest absolute Gasteiger partial charge is 0.000273 e. The van der Waals surface area contributed by atoms with Crippen molar-refractivity contribution in [3.63, 3.8) is 0 Å². The second kappa shape index (κ2) is 7.27. The second-order valence-corrected chi connectivity index (χ2v) is 6.08. The molecule has 0 amide bonds. The molecule has 0 unspecified atom stereocenters. The van der Waals surface area contributed by atoms with Gasteiger partial charge in [0.1, 0.15) is 0 Å². The van der Waals surface area contributed by atoms with E-state index in [0.29, 0.717) is 5.41 Å². The largest absolute Gasteiger partial charge is 0.316 e. The molecule has 0 aromatic carbocycles. The SMILES string of the molecule is CCC(CC)CC(C)(C)CNCC(C)C. The van der Waals surface area contributed by atoms with Crippen LogP contribution in [0.25, 0.3) is 0 Å². The molecule has 0 atom stereocenters. The number of hydrogen-bond donors (Lipinski definition) is 1. The van der Waals surface area contributed by atoms with Gasteiger partial charge in [0.15, 0.2) is 0 Å². The lowest BCUT2D eigenvalue weighted by Crippen LogP contribution is -2.33. The van der Waals surface area contributed by atoms with E-state index in [1.165, 1.54) is 19.3 Å². The van der Waals surface area contributed by atoms with Gasteiger partial charge in [-0.2, -0.15) is 0 Å².